The van der Waals surface area contributed by atoms with E-state index >= 15 is 0 Å². The highest BCUT2D eigenvalue weighted by Crippen LogP contribution is 2.47. The minimum Gasteiger partial charge on any atom is -0.464 e. The molecule has 2 heteroatoms. The SMILES string of the molecule is c1ccc(-c2c3ccccc3c(-c3coc4cccc(-c5ccc6oc7ccccc7c6c5)c34)c3ccccc23)cc1. The molecule has 196 valence electrons. The van der Waals surface area contributed by atoms with Gasteiger partial charge in [-0.05, 0) is 68.1 Å². The normalized spacial score (nSPS) is 11.8. The van der Waals surface area contributed by atoms with E-state index in [2.05, 4.69) is 127 Å². The molecule has 0 fully saturated rings. The third-order valence-electron chi connectivity index (χ3n) is 8.55. The van der Waals surface area contributed by atoms with Gasteiger partial charge in [-0.2, -0.15) is 0 Å². The summed E-state index contributed by atoms with van der Waals surface area (Å²) < 4.78 is 12.4. The van der Waals surface area contributed by atoms with Gasteiger partial charge >= 0.3 is 0 Å². The van der Waals surface area contributed by atoms with Crippen LogP contribution in [-0.2, 0) is 0 Å². The topological polar surface area (TPSA) is 26.3 Å². The van der Waals surface area contributed by atoms with Crippen molar-refractivity contribution in [1.29, 1.82) is 0 Å². The second-order valence-electron chi connectivity index (χ2n) is 10.8. The molecule has 0 aliphatic heterocycles. The van der Waals surface area contributed by atoms with E-state index in [9.17, 15) is 0 Å². The molecule has 0 saturated carbocycles. The van der Waals surface area contributed by atoms with Gasteiger partial charge in [0.2, 0.25) is 0 Å². The van der Waals surface area contributed by atoms with Crippen LogP contribution in [0.25, 0.3) is 87.8 Å². The maximum atomic E-state index is 6.30. The first kappa shape index (κ1) is 23.1. The highest BCUT2D eigenvalue weighted by molar-refractivity contribution is 6.24. The van der Waals surface area contributed by atoms with Crippen LogP contribution in [0.3, 0.4) is 0 Å². The van der Waals surface area contributed by atoms with Crippen molar-refractivity contribution in [3.05, 3.63) is 146 Å². The van der Waals surface area contributed by atoms with Crippen molar-refractivity contribution >= 4 is 54.5 Å². The van der Waals surface area contributed by atoms with Crippen LogP contribution in [0.5, 0.6) is 0 Å². The zero-order valence-corrected chi connectivity index (χ0v) is 22.7. The van der Waals surface area contributed by atoms with Crippen LogP contribution >= 0.6 is 0 Å². The van der Waals surface area contributed by atoms with E-state index in [1.165, 1.54) is 38.2 Å². The van der Waals surface area contributed by atoms with Crippen molar-refractivity contribution in [2.45, 2.75) is 0 Å². The fourth-order valence-electron chi connectivity index (χ4n) is 6.74. The zero-order chi connectivity index (χ0) is 27.6. The quantitative estimate of drug-likeness (QED) is 0.210. The van der Waals surface area contributed by atoms with Crippen LogP contribution in [0, 0.1) is 0 Å². The minimum absolute atomic E-state index is 0.875. The molecule has 0 N–H and O–H groups in total. The minimum atomic E-state index is 0.875. The standard InChI is InChI=1S/C40H24O2/c1-2-11-25(12-3-1)38-29-14-4-6-16-31(29)39(32-17-7-5-15-30(32)38)34-24-41-37-20-10-18-27(40(34)37)26-21-22-36-33(23-26)28-13-8-9-19-35(28)42-36/h1-24H. The number of hydrogen-bond acceptors (Lipinski definition) is 2. The lowest BCUT2D eigenvalue weighted by atomic mass is 9.85. The molecule has 7 aromatic carbocycles. The number of furan rings is 2. The number of rotatable bonds is 3. The molecule has 0 aliphatic rings. The Morgan fingerprint density at radius 3 is 1.69 bits per heavy atom. The van der Waals surface area contributed by atoms with Gasteiger partial charge in [-0.3, -0.25) is 0 Å². The van der Waals surface area contributed by atoms with Crippen LogP contribution in [-0.4, -0.2) is 0 Å². The monoisotopic (exact) mass is 536 g/mol. The second kappa shape index (κ2) is 8.95. The summed E-state index contributed by atoms with van der Waals surface area (Å²) in [6.07, 6.45) is 1.94. The Kier molecular flexibility index (Phi) is 4.93. The summed E-state index contributed by atoms with van der Waals surface area (Å²) in [4.78, 5) is 0. The fraction of sp³-hybridized carbons (Fsp3) is 0. The molecule has 0 amide bonds. The lowest BCUT2D eigenvalue weighted by Gasteiger charge is -2.17. The molecule has 9 aromatic rings. The van der Waals surface area contributed by atoms with E-state index in [-0.39, 0.29) is 0 Å². The van der Waals surface area contributed by atoms with Gasteiger partial charge in [0.25, 0.3) is 0 Å². The van der Waals surface area contributed by atoms with Crippen molar-refractivity contribution in [2.24, 2.45) is 0 Å². The largest absolute Gasteiger partial charge is 0.464 e. The molecule has 0 radical (unpaired) electrons. The second-order valence-corrected chi connectivity index (χ2v) is 10.8. The Balaban J connectivity index is 1.38. The van der Waals surface area contributed by atoms with Gasteiger partial charge in [-0.1, -0.05) is 115 Å². The number of para-hydroxylation sites is 1. The average Bonchev–Trinajstić information content (AvgIpc) is 3.65. The molecule has 42 heavy (non-hydrogen) atoms. The maximum Gasteiger partial charge on any atom is 0.135 e. The molecule has 0 unspecified atom stereocenters. The van der Waals surface area contributed by atoms with E-state index in [0.717, 1.165) is 49.6 Å². The molecule has 9 rings (SSSR count). The third kappa shape index (κ3) is 3.33. The summed E-state index contributed by atoms with van der Waals surface area (Å²) in [6, 6.07) is 49.3. The van der Waals surface area contributed by atoms with Gasteiger partial charge in [-0.25, -0.2) is 0 Å². The summed E-state index contributed by atoms with van der Waals surface area (Å²) in [6.45, 7) is 0. The summed E-state index contributed by atoms with van der Waals surface area (Å²) >= 11 is 0. The molecule has 2 nitrogen and oxygen atoms in total. The zero-order valence-electron chi connectivity index (χ0n) is 22.7. The molecule has 0 saturated heterocycles. The van der Waals surface area contributed by atoms with Gasteiger partial charge in [0, 0.05) is 27.3 Å². The predicted octanol–water partition coefficient (Wildman–Crippen LogP) is 11.6. The number of hydrogen-bond donors (Lipinski definition) is 0. The van der Waals surface area contributed by atoms with Crippen LogP contribution < -0.4 is 0 Å². The average molecular weight is 537 g/mol. The summed E-state index contributed by atoms with van der Waals surface area (Å²) in [5.41, 5.74) is 9.73. The first-order valence-corrected chi connectivity index (χ1v) is 14.3. The van der Waals surface area contributed by atoms with Crippen LogP contribution in [0.4, 0.5) is 0 Å². The van der Waals surface area contributed by atoms with Gasteiger partial charge < -0.3 is 8.83 Å². The highest BCUT2D eigenvalue weighted by Gasteiger charge is 2.21. The van der Waals surface area contributed by atoms with Gasteiger partial charge in [0.1, 0.15) is 16.7 Å². The van der Waals surface area contributed by atoms with Crippen LogP contribution in [0.1, 0.15) is 0 Å². The molecule has 2 heterocycles. The molecule has 2 aromatic heterocycles. The number of benzene rings is 7. The van der Waals surface area contributed by atoms with Crippen molar-refractivity contribution in [3.63, 3.8) is 0 Å². The Bertz CT molecular complexity index is 2400. The number of fused-ring (bicyclic) bond motifs is 6. The molecular weight excluding hydrogens is 512 g/mol. The van der Waals surface area contributed by atoms with Crippen LogP contribution in [0.15, 0.2) is 155 Å². The molecular formula is C40H24O2. The third-order valence-corrected chi connectivity index (χ3v) is 8.55. The van der Waals surface area contributed by atoms with Crippen molar-refractivity contribution < 1.29 is 8.83 Å². The maximum absolute atomic E-state index is 6.30. The Hall–Kier alpha value is -5.60. The van der Waals surface area contributed by atoms with E-state index in [1.54, 1.807) is 0 Å². The van der Waals surface area contributed by atoms with Gasteiger partial charge in [0.15, 0.2) is 0 Å². The van der Waals surface area contributed by atoms with Crippen molar-refractivity contribution in [2.75, 3.05) is 0 Å². The first-order chi connectivity index (χ1) is 20.8. The molecule has 0 atom stereocenters. The van der Waals surface area contributed by atoms with Crippen molar-refractivity contribution in [1.82, 2.24) is 0 Å². The van der Waals surface area contributed by atoms with E-state index < -0.39 is 0 Å². The Labute approximate surface area is 242 Å². The van der Waals surface area contributed by atoms with Gasteiger partial charge in [-0.15, -0.1) is 0 Å². The molecule has 0 bridgehead atoms. The Morgan fingerprint density at radius 1 is 0.357 bits per heavy atom. The lowest BCUT2D eigenvalue weighted by Crippen LogP contribution is -1.90. The van der Waals surface area contributed by atoms with E-state index in [4.69, 9.17) is 8.83 Å². The van der Waals surface area contributed by atoms with Gasteiger partial charge in [0.05, 0.1) is 6.26 Å². The lowest BCUT2D eigenvalue weighted by molar-refractivity contribution is 0.617. The molecule has 0 aliphatic carbocycles. The molecule has 0 spiro atoms. The van der Waals surface area contributed by atoms with E-state index in [0.29, 0.717) is 0 Å². The summed E-state index contributed by atoms with van der Waals surface area (Å²) in [5.74, 6) is 0. The van der Waals surface area contributed by atoms with Crippen molar-refractivity contribution in [3.8, 4) is 33.4 Å². The summed E-state index contributed by atoms with van der Waals surface area (Å²) in [7, 11) is 0. The van der Waals surface area contributed by atoms with Crippen LogP contribution in [0.2, 0.25) is 0 Å². The first-order valence-electron chi connectivity index (χ1n) is 14.3. The summed E-state index contributed by atoms with van der Waals surface area (Å²) in [5, 5.41) is 8.25. The van der Waals surface area contributed by atoms with E-state index in [1.807, 2.05) is 18.4 Å². The predicted molar refractivity (Wildman–Crippen MR) is 175 cm³/mol. The smallest absolute Gasteiger partial charge is 0.135 e. The Morgan fingerprint density at radius 2 is 0.952 bits per heavy atom. The fourth-order valence-corrected chi connectivity index (χ4v) is 6.74. The highest BCUT2D eigenvalue weighted by atomic mass is 16.3.